The Labute approximate surface area is 104 Å². The lowest BCUT2D eigenvalue weighted by Gasteiger charge is -2.04. The molecule has 0 aliphatic heterocycles. The van der Waals surface area contributed by atoms with E-state index in [2.05, 4.69) is 0 Å². The Morgan fingerprint density at radius 3 is 2.62 bits per heavy atom. The number of ketones is 1. The zero-order chi connectivity index (χ0) is 12.0. The molecule has 0 aliphatic rings. The third-order valence-corrected chi connectivity index (χ3v) is 2.65. The number of carbonyl (C=O) groups excluding carboxylic acids is 1. The summed E-state index contributed by atoms with van der Waals surface area (Å²) in [6, 6.07) is 4.74. The highest BCUT2D eigenvalue weighted by molar-refractivity contribution is 6.42. The molecule has 0 aliphatic carbocycles. The van der Waals surface area contributed by atoms with Crippen LogP contribution in [0.4, 0.5) is 0 Å². The highest BCUT2D eigenvalue weighted by Gasteiger charge is 2.08. The first kappa shape index (κ1) is 13.5. The van der Waals surface area contributed by atoms with Gasteiger partial charge in [0.15, 0.2) is 5.78 Å². The third-order valence-electron chi connectivity index (χ3n) is 1.91. The highest BCUT2D eigenvalue weighted by atomic mass is 35.5. The van der Waals surface area contributed by atoms with Gasteiger partial charge in [0.25, 0.3) is 0 Å². The summed E-state index contributed by atoms with van der Waals surface area (Å²) < 4.78 is 9.90. The van der Waals surface area contributed by atoms with Crippen molar-refractivity contribution in [2.75, 3.05) is 26.9 Å². The Hall–Kier alpha value is -0.610. The summed E-state index contributed by atoms with van der Waals surface area (Å²) in [5.41, 5.74) is 0.492. The molecule has 88 valence electrons. The predicted molar refractivity (Wildman–Crippen MR) is 63.5 cm³/mol. The normalized spacial score (nSPS) is 10.4. The lowest BCUT2D eigenvalue weighted by atomic mass is 10.1. The van der Waals surface area contributed by atoms with Gasteiger partial charge in [0.2, 0.25) is 0 Å². The molecular weight excluding hydrogens is 251 g/mol. The van der Waals surface area contributed by atoms with Crippen molar-refractivity contribution in [1.82, 2.24) is 0 Å². The van der Waals surface area contributed by atoms with E-state index in [0.717, 1.165) is 0 Å². The van der Waals surface area contributed by atoms with E-state index in [1.165, 1.54) is 6.07 Å². The van der Waals surface area contributed by atoms with Crippen LogP contribution < -0.4 is 0 Å². The summed E-state index contributed by atoms with van der Waals surface area (Å²) in [6.07, 6.45) is 0. The molecule has 0 radical (unpaired) electrons. The quantitative estimate of drug-likeness (QED) is 0.584. The molecule has 0 bridgehead atoms. The molecule has 0 heterocycles. The van der Waals surface area contributed by atoms with Crippen LogP contribution in [0.15, 0.2) is 18.2 Å². The number of Topliss-reactive ketones (excluding diaryl/α,β-unsaturated/α-hetero) is 1. The number of ether oxygens (including phenoxy) is 2. The van der Waals surface area contributed by atoms with Gasteiger partial charge in [0.1, 0.15) is 6.61 Å². The number of hydrogen-bond acceptors (Lipinski definition) is 3. The van der Waals surface area contributed by atoms with Crippen molar-refractivity contribution >= 4 is 29.0 Å². The average molecular weight is 263 g/mol. The van der Waals surface area contributed by atoms with Gasteiger partial charge < -0.3 is 9.47 Å². The molecule has 3 nitrogen and oxygen atoms in total. The first-order valence-electron chi connectivity index (χ1n) is 4.70. The Morgan fingerprint density at radius 1 is 1.25 bits per heavy atom. The van der Waals surface area contributed by atoms with E-state index >= 15 is 0 Å². The fourth-order valence-electron chi connectivity index (χ4n) is 1.06. The van der Waals surface area contributed by atoms with Crippen LogP contribution in [0.25, 0.3) is 0 Å². The highest BCUT2D eigenvalue weighted by Crippen LogP contribution is 2.22. The molecule has 5 heteroatoms. The second kappa shape index (κ2) is 6.86. The topological polar surface area (TPSA) is 35.5 Å². The number of benzene rings is 1. The molecule has 1 aromatic carbocycles. The Balaban J connectivity index is 2.50. The van der Waals surface area contributed by atoms with Crippen molar-refractivity contribution in [1.29, 1.82) is 0 Å². The van der Waals surface area contributed by atoms with E-state index < -0.39 is 0 Å². The van der Waals surface area contributed by atoms with Crippen LogP contribution in [0.5, 0.6) is 0 Å². The first-order chi connectivity index (χ1) is 7.65. The first-order valence-corrected chi connectivity index (χ1v) is 5.45. The van der Waals surface area contributed by atoms with Gasteiger partial charge in [-0.25, -0.2) is 0 Å². The maximum Gasteiger partial charge on any atom is 0.188 e. The summed E-state index contributed by atoms with van der Waals surface area (Å²) >= 11 is 11.5. The van der Waals surface area contributed by atoms with E-state index in [0.29, 0.717) is 28.8 Å². The van der Waals surface area contributed by atoms with Crippen LogP contribution in [0.3, 0.4) is 0 Å². The van der Waals surface area contributed by atoms with Gasteiger partial charge in [-0.2, -0.15) is 0 Å². The van der Waals surface area contributed by atoms with E-state index in [4.69, 9.17) is 32.7 Å². The summed E-state index contributed by atoms with van der Waals surface area (Å²) in [5, 5.41) is 0.794. The summed E-state index contributed by atoms with van der Waals surface area (Å²) in [4.78, 5) is 11.6. The maximum atomic E-state index is 11.6. The third kappa shape index (κ3) is 4.10. The number of hydrogen-bond donors (Lipinski definition) is 0. The van der Waals surface area contributed by atoms with Crippen LogP contribution in [0, 0.1) is 0 Å². The fourth-order valence-corrected chi connectivity index (χ4v) is 1.36. The molecule has 0 aromatic heterocycles. The second-order valence-electron chi connectivity index (χ2n) is 3.10. The van der Waals surface area contributed by atoms with Gasteiger partial charge in [-0.15, -0.1) is 0 Å². The van der Waals surface area contributed by atoms with Gasteiger partial charge >= 0.3 is 0 Å². The minimum Gasteiger partial charge on any atom is -0.382 e. The molecule has 0 saturated heterocycles. The molecule has 0 atom stereocenters. The van der Waals surface area contributed by atoms with Gasteiger partial charge in [-0.1, -0.05) is 23.2 Å². The second-order valence-corrected chi connectivity index (χ2v) is 3.91. The molecular formula is C11H12Cl2O3. The predicted octanol–water partition coefficient (Wildman–Crippen LogP) is 2.84. The molecule has 1 rings (SSSR count). The molecule has 0 spiro atoms. The van der Waals surface area contributed by atoms with E-state index in [1.54, 1.807) is 19.2 Å². The van der Waals surface area contributed by atoms with Crippen LogP contribution >= 0.6 is 23.2 Å². The maximum absolute atomic E-state index is 11.6. The lowest BCUT2D eigenvalue weighted by Crippen LogP contribution is -2.12. The minimum atomic E-state index is -0.130. The number of carbonyl (C=O) groups is 1. The number of halogens is 2. The van der Waals surface area contributed by atoms with Crippen molar-refractivity contribution in [2.24, 2.45) is 0 Å². The van der Waals surface area contributed by atoms with Crippen LogP contribution in [0.1, 0.15) is 10.4 Å². The lowest BCUT2D eigenvalue weighted by molar-refractivity contribution is 0.0577. The van der Waals surface area contributed by atoms with E-state index in [-0.39, 0.29) is 12.4 Å². The van der Waals surface area contributed by atoms with Gasteiger partial charge in [0.05, 0.1) is 23.3 Å². The van der Waals surface area contributed by atoms with Gasteiger partial charge in [0, 0.05) is 12.7 Å². The van der Waals surface area contributed by atoms with Gasteiger partial charge in [-0.05, 0) is 18.2 Å². The SMILES string of the molecule is COCCOCC(=O)c1ccc(Cl)c(Cl)c1. The monoisotopic (exact) mass is 262 g/mol. The Morgan fingerprint density at radius 2 is 2.00 bits per heavy atom. The van der Waals surface area contributed by atoms with Crippen molar-refractivity contribution in [3.8, 4) is 0 Å². The minimum absolute atomic E-state index is 0.0152. The molecule has 0 fully saturated rings. The smallest absolute Gasteiger partial charge is 0.188 e. The van der Waals surface area contributed by atoms with Gasteiger partial charge in [-0.3, -0.25) is 4.79 Å². The largest absolute Gasteiger partial charge is 0.382 e. The molecule has 0 amide bonds. The average Bonchev–Trinajstić information content (AvgIpc) is 2.28. The summed E-state index contributed by atoms with van der Waals surface area (Å²) in [6.45, 7) is 0.875. The van der Waals surface area contributed by atoms with Crippen molar-refractivity contribution < 1.29 is 14.3 Å². The summed E-state index contributed by atoms with van der Waals surface area (Å²) in [5.74, 6) is -0.130. The van der Waals surface area contributed by atoms with E-state index in [9.17, 15) is 4.79 Å². The van der Waals surface area contributed by atoms with Crippen LogP contribution in [-0.4, -0.2) is 32.7 Å². The molecule has 0 N–H and O–H groups in total. The molecule has 1 aromatic rings. The molecule has 16 heavy (non-hydrogen) atoms. The number of methoxy groups -OCH3 is 1. The fraction of sp³-hybridized carbons (Fsp3) is 0.364. The summed E-state index contributed by atoms with van der Waals surface area (Å²) in [7, 11) is 1.57. The van der Waals surface area contributed by atoms with Crippen LogP contribution in [0.2, 0.25) is 10.0 Å². The van der Waals surface area contributed by atoms with Crippen molar-refractivity contribution in [2.45, 2.75) is 0 Å². The molecule has 0 unspecified atom stereocenters. The zero-order valence-corrected chi connectivity index (χ0v) is 10.3. The standard InChI is InChI=1S/C11H12Cl2O3/c1-15-4-5-16-7-11(14)8-2-3-9(12)10(13)6-8/h2-3,6H,4-5,7H2,1H3. The van der Waals surface area contributed by atoms with Crippen LogP contribution in [-0.2, 0) is 9.47 Å². The van der Waals surface area contributed by atoms with Crippen molar-refractivity contribution in [3.05, 3.63) is 33.8 Å². The van der Waals surface area contributed by atoms with Crippen molar-refractivity contribution in [3.63, 3.8) is 0 Å². The van der Waals surface area contributed by atoms with E-state index in [1.807, 2.05) is 0 Å². The Kier molecular flexibility index (Phi) is 5.77. The number of rotatable bonds is 6. The molecule has 0 saturated carbocycles. The zero-order valence-electron chi connectivity index (χ0n) is 8.83. The Bertz CT molecular complexity index is 366.